The van der Waals surface area contributed by atoms with Gasteiger partial charge in [0.2, 0.25) is 0 Å². The van der Waals surface area contributed by atoms with Gasteiger partial charge in [-0.2, -0.15) is 0 Å². The Labute approximate surface area is 128 Å². The van der Waals surface area contributed by atoms with E-state index >= 15 is 0 Å². The summed E-state index contributed by atoms with van der Waals surface area (Å²) in [6.45, 7) is 2.11. The third kappa shape index (κ3) is 2.59. The van der Waals surface area contributed by atoms with Crippen LogP contribution in [0.25, 0.3) is 0 Å². The predicted molar refractivity (Wildman–Crippen MR) is 86.9 cm³/mol. The molecule has 0 radical (unpaired) electrons. The van der Waals surface area contributed by atoms with E-state index in [1.165, 1.54) is 10.5 Å². The van der Waals surface area contributed by atoms with Gasteiger partial charge in [-0.15, -0.1) is 0 Å². The van der Waals surface area contributed by atoms with E-state index in [0.717, 1.165) is 22.7 Å². The van der Waals surface area contributed by atoms with E-state index in [9.17, 15) is 4.79 Å². The van der Waals surface area contributed by atoms with Crippen LogP contribution in [0.2, 0.25) is 0 Å². The van der Waals surface area contributed by atoms with Crippen molar-refractivity contribution < 1.29 is 4.79 Å². The molecule has 1 amide bonds. The minimum Gasteiger partial charge on any atom is -0.355 e. The zero-order valence-electron chi connectivity index (χ0n) is 12.0. The van der Waals surface area contributed by atoms with Crippen molar-refractivity contribution in [3.8, 4) is 0 Å². The Balaban J connectivity index is 2.15. The molecule has 3 rings (SSSR count). The maximum absolute atomic E-state index is 11.8. The van der Waals surface area contributed by atoms with Crippen molar-refractivity contribution in [2.75, 3.05) is 7.05 Å². The lowest BCUT2D eigenvalue weighted by molar-refractivity contribution is 0.0963. The zero-order valence-corrected chi connectivity index (χ0v) is 12.8. The lowest BCUT2D eigenvalue weighted by atomic mass is 10.1. The summed E-state index contributed by atoms with van der Waals surface area (Å²) in [6.07, 6.45) is 0.862. The van der Waals surface area contributed by atoms with E-state index in [2.05, 4.69) is 24.4 Å². The Kier molecular flexibility index (Phi) is 3.80. The number of hydrogen-bond donors (Lipinski definition) is 1. The average molecular weight is 296 g/mol. The van der Waals surface area contributed by atoms with Gasteiger partial charge in [0.25, 0.3) is 5.91 Å². The average Bonchev–Trinajstić information content (AvgIpc) is 2.69. The number of nitrogens with one attached hydrogen (secondary N) is 1. The van der Waals surface area contributed by atoms with E-state index in [0.29, 0.717) is 5.56 Å². The number of carbonyl (C=O) groups is 1. The second-order valence-electron chi connectivity index (χ2n) is 4.77. The normalized spacial score (nSPS) is 12.8. The SMILES string of the molecule is CCC1=Nc2cc(C(=O)NC)ccc2Sc2ccccc21. The third-order valence-corrected chi connectivity index (χ3v) is 4.60. The highest BCUT2D eigenvalue weighted by Crippen LogP contribution is 2.40. The van der Waals surface area contributed by atoms with Gasteiger partial charge in [-0.25, -0.2) is 0 Å². The third-order valence-electron chi connectivity index (χ3n) is 3.46. The molecule has 0 fully saturated rings. The van der Waals surface area contributed by atoms with Gasteiger partial charge in [0.1, 0.15) is 0 Å². The van der Waals surface area contributed by atoms with Crippen molar-refractivity contribution in [1.29, 1.82) is 0 Å². The van der Waals surface area contributed by atoms with E-state index < -0.39 is 0 Å². The lowest BCUT2D eigenvalue weighted by Gasteiger charge is -2.06. The van der Waals surface area contributed by atoms with E-state index in [-0.39, 0.29) is 5.91 Å². The first kappa shape index (κ1) is 13.9. The fourth-order valence-corrected chi connectivity index (χ4v) is 3.39. The number of nitrogens with zero attached hydrogens (tertiary/aromatic N) is 1. The van der Waals surface area contributed by atoms with Crippen molar-refractivity contribution in [2.24, 2.45) is 4.99 Å². The highest BCUT2D eigenvalue weighted by Gasteiger charge is 2.17. The van der Waals surface area contributed by atoms with Gasteiger partial charge in [-0.05, 0) is 30.7 Å². The highest BCUT2D eigenvalue weighted by atomic mass is 32.2. The first-order chi connectivity index (χ1) is 10.2. The quantitative estimate of drug-likeness (QED) is 0.908. The molecule has 1 aliphatic rings. The molecule has 0 saturated carbocycles. The van der Waals surface area contributed by atoms with Crippen LogP contribution in [0.4, 0.5) is 5.69 Å². The largest absolute Gasteiger partial charge is 0.355 e. The van der Waals surface area contributed by atoms with Gasteiger partial charge >= 0.3 is 0 Å². The van der Waals surface area contributed by atoms with Crippen molar-refractivity contribution in [3.05, 3.63) is 53.6 Å². The van der Waals surface area contributed by atoms with Crippen molar-refractivity contribution in [1.82, 2.24) is 5.32 Å². The Morgan fingerprint density at radius 1 is 1.19 bits per heavy atom. The molecule has 3 nitrogen and oxygen atoms in total. The number of rotatable bonds is 2. The zero-order chi connectivity index (χ0) is 14.8. The second-order valence-corrected chi connectivity index (χ2v) is 5.86. The number of benzene rings is 2. The number of fused-ring (bicyclic) bond motifs is 2. The molecule has 0 aliphatic carbocycles. The lowest BCUT2D eigenvalue weighted by Crippen LogP contribution is -2.17. The van der Waals surface area contributed by atoms with Crippen LogP contribution >= 0.6 is 11.8 Å². The maximum Gasteiger partial charge on any atom is 0.251 e. The fourth-order valence-electron chi connectivity index (χ4n) is 2.36. The standard InChI is InChI=1S/C17H16N2OS/c1-3-13-12-6-4-5-7-15(12)21-16-9-8-11(17(20)18-2)10-14(16)19-13/h4-10H,3H2,1-2H3,(H,18,20). The van der Waals surface area contributed by atoms with Gasteiger partial charge in [0, 0.05) is 33.7 Å². The highest BCUT2D eigenvalue weighted by molar-refractivity contribution is 7.99. The van der Waals surface area contributed by atoms with E-state index in [1.807, 2.05) is 30.3 Å². The molecule has 0 saturated heterocycles. The number of aliphatic imine (C=N–C) groups is 1. The number of carbonyl (C=O) groups excluding carboxylic acids is 1. The molecule has 106 valence electrons. The summed E-state index contributed by atoms with van der Waals surface area (Å²) in [7, 11) is 1.64. The summed E-state index contributed by atoms with van der Waals surface area (Å²) in [5.41, 5.74) is 3.75. The first-order valence-corrected chi connectivity index (χ1v) is 7.75. The molecule has 1 aliphatic heterocycles. The molecule has 1 heterocycles. The Bertz CT molecular complexity index is 737. The molecule has 0 aromatic heterocycles. The monoisotopic (exact) mass is 296 g/mol. The van der Waals surface area contributed by atoms with Crippen molar-refractivity contribution in [3.63, 3.8) is 0 Å². The second kappa shape index (κ2) is 5.74. The molecular weight excluding hydrogens is 280 g/mol. The van der Waals surface area contributed by atoms with Crippen molar-refractivity contribution in [2.45, 2.75) is 23.1 Å². The molecule has 0 unspecified atom stereocenters. The maximum atomic E-state index is 11.8. The molecule has 0 atom stereocenters. The molecule has 4 heteroatoms. The van der Waals surface area contributed by atoms with Gasteiger partial charge < -0.3 is 5.32 Å². The van der Waals surface area contributed by atoms with Crippen molar-refractivity contribution >= 4 is 29.1 Å². The smallest absolute Gasteiger partial charge is 0.251 e. The molecule has 21 heavy (non-hydrogen) atoms. The summed E-state index contributed by atoms with van der Waals surface area (Å²) in [4.78, 5) is 18.9. The molecule has 2 aromatic carbocycles. The predicted octanol–water partition coefficient (Wildman–Crippen LogP) is 4.04. The van der Waals surface area contributed by atoms with Crippen LogP contribution in [0.15, 0.2) is 57.2 Å². The van der Waals surface area contributed by atoms with Crippen LogP contribution in [0.1, 0.15) is 29.3 Å². The fraction of sp³-hybridized carbons (Fsp3) is 0.176. The summed E-state index contributed by atoms with van der Waals surface area (Å²) >= 11 is 1.70. The number of amides is 1. The Morgan fingerprint density at radius 2 is 2.00 bits per heavy atom. The van der Waals surface area contributed by atoms with Gasteiger partial charge in [-0.1, -0.05) is 36.9 Å². The van der Waals surface area contributed by atoms with Gasteiger partial charge in [0.05, 0.1) is 5.69 Å². The van der Waals surface area contributed by atoms with E-state index in [1.54, 1.807) is 18.8 Å². The molecule has 1 N–H and O–H groups in total. The summed E-state index contributed by atoms with van der Waals surface area (Å²) < 4.78 is 0. The Hall–Kier alpha value is -2.07. The topological polar surface area (TPSA) is 41.5 Å². The number of hydrogen-bond acceptors (Lipinski definition) is 3. The minimum atomic E-state index is -0.0854. The summed E-state index contributed by atoms with van der Waals surface area (Å²) in [5, 5.41) is 2.65. The van der Waals surface area contributed by atoms with Crippen LogP contribution in [-0.2, 0) is 0 Å². The van der Waals surface area contributed by atoms with Crippen LogP contribution in [-0.4, -0.2) is 18.7 Å². The summed E-state index contributed by atoms with van der Waals surface area (Å²) in [5.74, 6) is -0.0854. The minimum absolute atomic E-state index is 0.0854. The molecular formula is C17H16N2OS. The first-order valence-electron chi connectivity index (χ1n) is 6.94. The van der Waals surface area contributed by atoms with E-state index in [4.69, 9.17) is 4.99 Å². The van der Waals surface area contributed by atoms with Crippen LogP contribution in [0, 0.1) is 0 Å². The molecule has 2 aromatic rings. The van der Waals surface area contributed by atoms with Crippen LogP contribution in [0.5, 0.6) is 0 Å². The van der Waals surface area contributed by atoms with Crippen LogP contribution < -0.4 is 5.32 Å². The molecule has 0 bridgehead atoms. The Morgan fingerprint density at radius 3 is 2.76 bits per heavy atom. The molecule has 0 spiro atoms. The summed E-state index contributed by atoms with van der Waals surface area (Å²) in [6, 6.07) is 14.0. The van der Waals surface area contributed by atoms with Gasteiger partial charge in [-0.3, -0.25) is 9.79 Å². The van der Waals surface area contributed by atoms with Crippen LogP contribution in [0.3, 0.4) is 0 Å². The van der Waals surface area contributed by atoms with Gasteiger partial charge in [0.15, 0.2) is 0 Å².